The van der Waals surface area contributed by atoms with Gasteiger partial charge in [0.2, 0.25) is 0 Å². The minimum atomic E-state index is -0.0849. The Labute approximate surface area is 125 Å². The van der Waals surface area contributed by atoms with Gasteiger partial charge in [0.1, 0.15) is 0 Å². The number of amides is 1. The molecule has 1 saturated carbocycles. The van der Waals surface area contributed by atoms with Gasteiger partial charge in [-0.15, -0.1) is 0 Å². The minimum absolute atomic E-state index is 0.0849. The van der Waals surface area contributed by atoms with Crippen molar-refractivity contribution in [1.82, 2.24) is 5.32 Å². The highest BCUT2D eigenvalue weighted by atomic mass is 35.5. The van der Waals surface area contributed by atoms with Crippen molar-refractivity contribution in [3.05, 3.63) is 34.9 Å². The molecule has 1 N–H and O–H groups in total. The fourth-order valence-corrected chi connectivity index (χ4v) is 2.85. The summed E-state index contributed by atoms with van der Waals surface area (Å²) in [5, 5.41) is 3.53. The van der Waals surface area contributed by atoms with Crippen LogP contribution in [0.4, 0.5) is 0 Å². The van der Waals surface area contributed by atoms with Gasteiger partial charge in [0.25, 0.3) is 5.91 Å². The van der Waals surface area contributed by atoms with Crippen LogP contribution in [-0.4, -0.2) is 25.7 Å². The predicted molar refractivity (Wildman–Crippen MR) is 81.2 cm³/mol. The van der Waals surface area contributed by atoms with Crippen LogP contribution in [0.5, 0.6) is 0 Å². The van der Waals surface area contributed by atoms with E-state index in [1.54, 1.807) is 12.1 Å². The van der Waals surface area contributed by atoms with Crippen molar-refractivity contribution in [3.8, 4) is 0 Å². The molecule has 0 heterocycles. The lowest BCUT2D eigenvalue weighted by molar-refractivity contribution is 0.0513. The Morgan fingerprint density at radius 1 is 1.40 bits per heavy atom. The van der Waals surface area contributed by atoms with Crippen molar-refractivity contribution in [2.75, 3.05) is 19.8 Å². The summed E-state index contributed by atoms with van der Waals surface area (Å²) in [6.07, 6.45) is 4.60. The Kier molecular flexibility index (Phi) is 5.44. The number of rotatable bonds is 7. The molecule has 20 heavy (non-hydrogen) atoms. The van der Waals surface area contributed by atoms with Crippen LogP contribution in [0.25, 0.3) is 0 Å². The van der Waals surface area contributed by atoms with E-state index in [1.165, 1.54) is 19.3 Å². The van der Waals surface area contributed by atoms with Crippen LogP contribution < -0.4 is 5.32 Å². The first-order valence-electron chi connectivity index (χ1n) is 7.27. The molecule has 3 nitrogen and oxygen atoms in total. The fraction of sp³-hybridized carbons (Fsp3) is 0.562. The van der Waals surface area contributed by atoms with Crippen LogP contribution in [0, 0.1) is 5.41 Å². The number of hydrogen-bond donors (Lipinski definition) is 1. The summed E-state index contributed by atoms with van der Waals surface area (Å²) in [6.45, 7) is 4.25. The highest BCUT2D eigenvalue weighted by Gasteiger charge is 2.36. The minimum Gasteiger partial charge on any atom is -0.382 e. The molecule has 1 aromatic rings. The van der Waals surface area contributed by atoms with Gasteiger partial charge in [0, 0.05) is 19.8 Å². The Morgan fingerprint density at radius 3 is 2.75 bits per heavy atom. The monoisotopic (exact) mass is 295 g/mol. The lowest BCUT2D eigenvalue weighted by Gasteiger charge is -2.42. The summed E-state index contributed by atoms with van der Waals surface area (Å²) in [6, 6.07) is 7.15. The molecule has 0 saturated heterocycles. The highest BCUT2D eigenvalue weighted by molar-refractivity contribution is 6.33. The first-order chi connectivity index (χ1) is 9.67. The summed E-state index contributed by atoms with van der Waals surface area (Å²) in [5.74, 6) is -0.0849. The molecule has 1 aromatic carbocycles. The molecule has 2 rings (SSSR count). The predicted octanol–water partition coefficient (Wildman–Crippen LogP) is 3.67. The summed E-state index contributed by atoms with van der Waals surface area (Å²) in [7, 11) is 0. The van der Waals surface area contributed by atoms with Crippen molar-refractivity contribution in [1.29, 1.82) is 0 Å². The van der Waals surface area contributed by atoms with Crippen molar-refractivity contribution >= 4 is 17.5 Å². The first-order valence-corrected chi connectivity index (χ1v) is 7.65. The van der Waals surface area contributed by atoms with Crippen LogP contribution in [0.1, 0.15) is 43.0 Å². The first kappa shape index (κ1) is 15.3. The van der Waals surface area contributed by atoms with E-state index >= 15 is 0 Å². The summed E-state index contributed by atoms with van der Waals surface area (Å²) >= 11 is 6.04. The Morgan fingerprint density at radius 2 is 2.15 bits per heavy atom. The van der Waals surface area contributed by atoms with E-state index in [4.69, 9.17) is 16.3 Å². The summed E-state index contributed by atoms with van der Waals surface area (Å²) < 4.78 is 5.44. The van der Waals surface area contributed by atoms with E-state index in [2.05, 4.69) is 5.32 Å². The lowest BCUT2D eigenvalue weighted by Crippen LogP contribution is -2.43. The zero-order chi connectivity index (χ0) is 14.4. The SMILES string of the molecule is CCOCCC1(CNC(=O)c2ccccc2Cl)CCC1. The Bertz CT molecular complexity index is 458. The average molecular weight is 296 g/mol. The second-order valence-electron chi connectivity index (χ2n) is 5.46. The van der Waals surface area contributed by atoms with Gasteiger partial charge < -0.3 is 10.1 Å². The van der Waals surface area contributed by atoms with E-state index in [-0.39, 0.29) is 11.3 Å². The molecule has 1 amide bonds. The molecule has 1 fully saturated rings. The van der Waals surface area contributed by atoms with E-state index in [0.717, 1.165) is 19.6 Å². The molecule has 0 atom stereocenters. The van der Waals surface area contributed by atoms with Crippen LogP contribution in [0.2, 0.25) is 5.02 Å². The number of ether oxygens (including phenoxy) is 1. The standard InChI is InChI=1S/C16H22ClNO2/c1-2-20-11-10-16(8-5-9-16)12-18-15(19)13-6-3-4-7-14(13)17/h3-4,6-7H,2,5,8-12H2,1H3,(H,18,19). The second-order valence-corrected chi connectivity index (χ2v) is 5.87. The van der Waals surface area contributed by atoms with Gasteiger partial charge in [-0.2, -0.15) is 0 Å². The molecule has 0 spiro atoms. The van der Waals surface area contributed by atoms with Crippen LogP contribution in [0.15, 0.2) is 24.3 Å². The molecule has 1 aliphatic rings. The van der Waals surface area contributed by atoms with Crippen molar-refractivity contribution < 1.29 is 9.53 Å². The smallest absolute Gasteiger partial charge is 0.252 e. The molecule has 4 heteroatoms. The number of benzene rings is 1. The second kappa shape index (κ2) is 7.09. The molecule has 0 aliphatic heterocycles. The topological polar surface area (TPSA) is 38.3 Å². The van der Waals surface area contributed by atoms with Gasteiger partial charge in [-0.1, -0.05) is 30.2 Å². The van der Waals surface area contributed by atoms with Crippen LogP contribution in [0.3, 0.4) is 0 Å². The van der Waals surface area contributed by atoms with E-state index < -0.39 is 0 Å². The largest absolute Gasteiger partial charge is 0.382 e. The van der Waals surface area contributed by atoms with Crippen molar-refractivity contribution in [3.63, 3.8) is 0 Å². The van der Waals surface area contributed by atoms with E-state index in [1.807, 2.05) is 19.1 Å². The van der Waals surface area contributed by atoms with E-state index in [0.29, 0.717) is 17.1 Å². The fourth-order valence-electron chi connectivity index (χ4n) is 2.63. The Hall–Kier alpha value is -1.06. The quantitative estimate of drug-likeness (QED) is 0.780. The number of hydrogen-bond acceptors (Lipinski definition) is 2. The lowest BCUT2D eigenvalue weighted by atomic mass is 9.66. The summed E-state index contributed by atoms with van der Waals surface area (Å²) in [4.78, 5) is 12.2. The van der Waals surface area contributed by atoms with Crippen LogP contribution >= 0.6 is 11.6 Å². The van der Waals surface area contributed by atoms with Gasteiger partial charge in [-0.3, -0.25) is 4.79 Å². The van der Waals surface area contributed by atoms with Crippen molar-refractivity contribution in [2.45, 2.75) is 32.6 Å². The number of halogens is 1. The maximum absolute atomic E-state index is 12.2. The van der Waals surface area contributed by atoms with Gasteiger partial charge in [0.05, 0.1) is 10.6 Å². The third-order valence-electron chi connectivity index (χ3n) is 4.14. The molecule has 0 radical (unpaired) electrons. The number of carbonyl (C=O) groups is 1. The molecule has 1 aliphatic carbocycles. The zero-order valence-electron chi connectivity index (χ0n) is 12.0. The third kappa shape index (κ3) is 3.74. The third-order valence-corrected chi connectivity index (χ3v) is 4.47. The number of nitrogens with one attached hydrogen (secondary N) is 1. The summed E-state index contributed by atoms with van der Waals surface area (Å²) in [5.41, 5.74) is 0.778. The maximum atomic E-state index is 12.2. The molecular weight excluding hydrogens is 274 g/mol. The maximum Gasteiger partial charge on any atom is 0.252 e. The highest BCUT2D eigenvalue weighted by Crippen LogP contribution is 2.43. The van der Waals surface area contributed by atoms with Crippen molar-refractivity contribution in [2.24, 2.45) is 5.41 Å². The Balaban J connectivity index is 1.87. The average Bonchev–Trinajstić information content (AvgIpc) is 2.41. The van der Waals surface area contributed by atoms with Crippen LogP contribution in [-0.2, 0) is 4.74 Å². The molecule has 0 unspecified atom stereocenters. The van der Waals surface area contributed by atoms with E-state index in [9.17, 15) is 4.79 Å². The molecule has 110 valence electrons. The van der Waals surface area contributed by atoms with Gasteiger partial charge >= 0.3 is 0 Å². The molecule has 0 aromatic heterocycles. The normalized spacial score (nSPS) is 16.5. The van der Waals surface area contributed by atoms with Gasteiger partial charge in [-0.05, 0) is 43.7 Å². The molecule has 0 bridgehead atoms. The molecular formula is C16H22ClNO2. The zero-order valence-corrected chi connectivity index (χ0v) is 12.7. The van der Waals surface area contributed by atoms with Gasteiger partial charge in [-0.25, -0.2) is 0 Å². The van der Waals surface area contributed by atoms with Gasteiger partial charge in [0.15, 0.2) is 0 Å². The number of carbonyl (C=O) groups excluding carboxylic acids is 1.